The molecule has 1 fully saturated rings. The summed E-state index contributed by atoms with van der Waals surface area (Å²) in [5, 5.41) is 11.8. The van der Waals surface area contributed by atoms with E-state index in [1.54, 1.807) is 16.7 Å². The summed E-state index contributed by atoms with van der Waals surface area (Å²) in [7, 11) is 0. The maximum absolute atomic E-state index is 14.1. The van der Waals surface area contributed by atoms with Crippen LogP contribution in [0.3, 0.4) is 0 Å². The molecule has 1 saturated carbocycles. The van der Waals surface area contributed by atoms with Gasteiger partial charge in [0.15, 0.2) is 0 Å². The van der Waals surface area contributed by atoms with E-state index >= 15 is 0 Å². The second-order valence-electron chi connectivity index (χ2n) is 5.75. The molecular weight excluding hydrogens is 350 g/mol. The van der Waals surface area contributed by atoms with E-state index in [0.29, 0.717) is 28.6 Å². The molecule has 3 nitrogen and oxygen atoms in total. The van der Waals surface area contributed by atoms with Crippen LogP contribution in [0.5, 0.6) is 0 Å². The van der Waals surface area contributed by atoms with E-state index < -0.39 is 16.3 Å². The van der Waals surface area contributed by atoms with Gasteiger partial charge in [0.25, 0.3) is 0 Å². The molecule has 2 aromatic rings. The largest absolute Gasteiger partial charge is 0.386 e. The van der Waals surface area contributed by atoms with Gasteiger partial charge in [0.1, 0.15) is 16.6 Å². The lowest BCUT2D eigenvalue weighted by Gasteiger charge is -2.34. The van der Waals surface area contributed by atoms with Crippen LogP contribution in [-0.2, 0) is 13.0 Å². The highest BCUT2D eigenvalue weighted by Gasteiger charge is 2.58. The monoisotopic (exact) mass is 362 g/mol. The van der Waals surface area contributed by atoms with Crippen LogP contribution < -0.4 is 0 Å². The van der Waals surface area contributed by atoms with Crippen molar-refractivity contribution in [2.75, 3.05) is 0 Å². The molecule has 3 rings (SSSR count). The zero-order valence-corrected chi connectivity index (χ0v) is 13.8. The predicted molar refractivity (Wildman–Crippen MR) is 85.1 cm³/mol. The zero-order valence-electron chi connectivity index (χ0n) is 11.6. The number of aromatic nitrogens is 2. The summed E-state index contributed by atoms with van der Waals surface area (Å²) in [6.45, 7) is 0.150. The third-order valence-corrected chi connectivity index (χ3v) is 5.39. The topological polar surface area (TPSA) is 38.0 Å². The average Bonchev–Trinajstić information content (AvgIpc) is 3.09. The molecule has 0 aliphatic heterocycles. The Labute approximate surface area is 142 Å². The molecule has 1 aromatic carbocycles. The van der Waals surface area contributed by atoms with Crippen molar-refractivity contribution in [1.82, 2.24) is 9.55 Å². The maximum Gasteiger partial charge on any atom is 0.128 e. The third kappa shape index (κ3) is 2.98. The summed E-state index contributed by atoms with van der Waals surface area (Å²) in [4.78, 5) is 3.16. The minimum absolute atomic E-state index is 0.0774. The number of aliphatic hydroxyl groups is 1. The highest BCUT2D eigenvalue weighted by Crippen LogP contribution is 2.53. The Bertz CT molecular complexity index is 702. The molecule has 1 aliphatic rings. The van der Waals surface area contributed by atoms with Crippen molar-refractivity contribution < 1.29 is 9.50 Å². The lowest BCUT2D eigenvalue weighted by molar-refractivity contribution is 0.0102. The van der Waals surface area contributed by atoms with Crippen molar-refractivity contribution in [3.8, 4) is 0 Å². The molecule has 1 atom stereocenters. The van der Waals surface area contributed by atoms with Gasteiger partial charge in [0.2, 0.25) is 0 Å². The summed E-state index contributed by atoms with van der Waals surface area (Å²) in [6, 6.07) is 4.40. The number of benzene rings is 1. The summed E-state index contributed by atoms with van der Waals surface area (Å²) in [5.41, 5.74) is -0.955. The average molecular weight is 364 g/mol. The number of imidazole rings is 1. The Morgan fingerprint density at radius 3 is 2.64 bits per heavy atom. The van der Waals surface area contributed by atoms with Crippen molar-refractivity contribution in [3.05, 3.63) is 52.3 Å². The molecule has 0 amide bonds. The fourth-order valence-corrected chi connectivity index (χ4v) is 3.15. The Morgan fingerprint density at radius 1 is 1.36 bits per heavy atom. The van der Waals surface area contributed by atoms with Gasteiger partial charge >= 0.3 is 0 Å². The van der Waals surface area contributed by atoms with Crippen LogP contribution in [0.4, 0.5) is 4.39 Å². The van der Waals surface area contributed by atoms with Gasteiger partial charge in [-0.2, -0.15) is 0 Å². The van der Waals surface area contributed by atoms with Crippen LogP contribution in [-0.4, -0.2) is 25.1 Å². The maximum atomic E-state index is 14.1. The first-order valence-electron chi connectivity index (χ1n) is 6.84. The second-order valence-corrected chi connectivity index (χ2v) is 7.30. The minimum Gasteiger partial charge on any atom is -0.386 e. The smallest absolute Gasteiger partial charge is 0.128 e. The second kappa shape index (κ2) is 5.68. The first-order valence-corrected chi connectivity index (χ1v) is 7.97. The quantitative estimate of drug-likeness (QED) is 0.813. The molecule has 0 spiro atoms. The van der Waals surface area contributed by atoms with Crippen LogP contribution in [0.15, 0.2) is 30.7 Å². The van der Waals surface area contributed by atoms with E-state index in [4.69, 9.17) is 34.8 Å². The van der Waals surface area contributed by atoms with E-state index in [1.807, 2.05) is 0 Å². The molecule has 0 saturated heterocycles. The van der Waals surface area contributed by atoms with Gasteiger partial charge in [0.05, 0.1) is 23.9 Å². The summed E-state index contributed by atoms with van der Waals surface area (Å²) >= 11 is 18.3. The Kier molecular flexibility index (Phi) is 4.14. The van der Waals surface area contributed by atoms with Crippen LogP contribution in [0.1, 0.15) is 18.4 Å². The molecule has 1 aromatic heterocycles. The first kappa shape index (κ1) is 16.1. The van der Waals surface area contributed by atoms with E-state index in [-0.39, 0.29) is 13.0 Å². The molecule has 1 N–H and O–H groups in total. The molecule has 0 radical (unpaired) electrons. The molecule has 22 heavy (non-hydrogen) atoms. The normalized spacial score (nSPS) is 19.0. The molecule has 1 aliphatic carbocycles. The van der Waals surface area contributed by atoms with Crippen molar-refractivity contribution in [2.24, 2.45) is 0 Å². The van der Waals surface area contributed by atoms with Gasteiger partial charge in [-0.1, -0.05) is 29.3 Å². The summed E-state index contributed by atoms with van der Waals surface area (Å²) in [5.74, 6) is -0.455. The van der Waals surface area contributed by atoms with Crippen molar-refractivity contribution >= 4 is 34.8 Å². The first-order chi connectivity index (χ1) is 10.3. The van der Waals surface area contributed by atoms with Gasteiger partial charge in [-0.15, -0.1) is 11.6 Å². The predicted octanol–water partition coefficient (Wildman–Crippen LogP) is 4.07. The molecule has 1 unspecified atom stereocenters. The fourth-order valence-electron chi connectivity index (χ4n) is 2.61. The van der Waals surface area contributed by atoms with Gasteiger partial charge in [-0.05, 0) is 30.5 Å². The molecule has 7 heteroatoms. The Balaban J connectivity index is 1.91. The third-order valence-electron chi connectivity index (χ3n) is 4.11. The van der Waals surface area contributed by atoms with Crippen LogP contribution >= 0.6 is 34.8 Å². The van der Waals surface area contributed by atoms with Crippen molar-refractivity contribution in [2.45, 2.75) is 36.3 Å². The summed E-state index contributed by atoms with van der Waals surface area (Å²) in [6.07, 6.45) is 4.43. The fraction of sp³-hybridized carbons (Fsp3) is 0.400. The van der Waals surface area contributed by atoms with Crippen molar-refractivity contribution in [3.63, 3.8) is 0 Å². The highest BCUT2D eigenvalue weighted by atomic mass is 35.5. The standard InChI is InChI=1S/C15H14Cl3FN2O/c16-11-2-1-10(12(19)5-11)6-15(22,14(18)3-4-14)8-21-9-20-7-13(21)17/h1-2,5,7,9,22H,3-4,6,8H2. The van der Waals surface area contributed by atoms with E-state index in [0.717, 1.165) is 0 Å². The number of nitrogens with zero attached hydrogens (tertiary/aromatic N) is 2. The summed E-state index contributed by atoms with van der Waals surface area (Å²) < 4.78 is 15.7. The Hall–Kier alpha value is -0.810. The van der Waals surface area contributed by atoms with Crippen LogP contribution in [0, 0.1) is 5.82 Å². The van der Waals surface area contributed by atoms with Crippen molar-refractivity contribution in [1.29, 1.82) is 0 Å². The van der Waals surface area contributed by atoms with Crippen LogP contribution in [0.2, 0.25) is 10.2 Å². The molecule has 1 heterocycles. The highest BCUT2D eigenvalue weighted by molar-refractivity contribution is 6.30. The SMILES string of the molecule is OC(Cc1ccc(Cl)cc1F)(Cn1cncc1Cl)C1(Cl)CC1. The van der Waals surface area contributed by atoms with Gasteiger partial charge in [0, 0.05) is 11.4 Å². The van der Waals surface area contributed by atoms with Gasteiger partial charge < -0.3 is 9.67 Å². The number of halogens is 4. The van der Waals surface area contributed by atoms with E-state index in [2.05, 4.69) is 4.98 Å². The van der Waals surface area contributed by atoms with Crippen LogP contribution in [0.25, 0.3) is 0 Å². The lowest BCUT2D eigenvalue weighted by Crippen LogP contribution is -2.47. The molecule has 118 valence electrons. The number of rotatable bonds is 5. The Morgan fingerprint density at radius 2 is 2.09 bits per heavy atom. The van der Waals surface area contributed by atoms with Gasteiger partial charge in [-0.25, -0.2) is 9.37 Å². The molecule has 0 bridgehead atoms. The number of hydrogen-bond donors (Lipinski definition) is 1. The van der Waals surface area contributed by atoms with E-state index in [1.165, 1.54) is 18.6 Å². The number of alkyl halides is 1. The zero-order chi connectivity index (χ0) is 16.0. The van der Waals surface area contributed by atoms with Gasteiger partial charge in [-0.3, -0.25) is 0 Å². The molecular formula is C15H14Cl3FN2O. The minimum atomic E-state index is -1.33. The van der Waals surface area contributed by atoms with E-state index in [9.17, 15) is 9.50 Å². The lowest BCUT2D eigenvalue weighted by atomic mass is 9.88. The number of hydrogen-bond acceptors (Lipinski definition) is 2.